The Balaban J connectivity index is 2.22. The quantitative estimate of drug-likeness (QED) is 0.835. The minimum atomic E-state index is -0.250. The molecule has 0 spiro atoms. The molecule has 1 aliphatic carbocycles. The van der Waals surface area contributed by atoms with Crippen molar-refractivity contribution in [2.24, 2.45) is 5.92 Å². The van der Waals surface area contributed by atoms with Crippen molar-refractivity contribution in [3.8, 4) is 0 Å². The fraction of sp³-hybridized carbons (Fsp3) is 0.611. The monoisotopic (exact) mass is 273 g/mol. The topological polar surface area (TPSA) is 20.3 Å². The van der Waals surface area contributed by atoms with Gasteiger partial charge in [0.25, 0.3) is 0 Å². The number of nitrogens with zero attached hydrogens (tertiary/aromatic N) is 1. The standard InChI is InChI=1S/C18H27NO/c1-14-8-7-11-18(13-14,19(3)4)17(20)12-16-10-6-5-9-15(16)2/h5-6,9-10,14H,7-8,11-13H2,1-4H3. The van der Waals surface area contributed by atoms with Crippen LogP contribution in [0.4, 0.5) is 0 Å². The second kappa shape index (κ2) is 6.09. The van der Waals surface area contributed by atoms with Gasteiger partial charge in [-0.15, -0.1) is 0 Å². The highest BCUT2D eigenvalue weighted by Gasteiger charge is 2.42. The highest BCUT2D eigenvalue weighted by molar-refractivity contribution is 5.90. The summed E-state index contributed by atoms with van der Waals surface area (Å²) in [6.07, 6.45) is 5.00. The van der Waals surface area contributed by atoms with E-state index in [0.717, 1.165) is 12.8 Å². The van der Waals surface area contributed by atoms with Crippen LogP contribution in [0.3, 0.4) is 0 Å². The van der Waals surface area contributed by atoms with Crippen LogP contribution in [0.5, 0.6) is 0 Å². The van der Waals surface area contributed by atoms with Crippen LogP contribution in [-0.4, -0.2) is 30.3 Å². The van der Waals surface area contributed by atoms with Gasteiger partial charge in [-0.05, 0) is 50.9 Å². The molecule has 2 rings (SSSR count). The van der Waals surface area contributed by atoms with Crippen LogP contribution < -0.4 is 0 Å². The zero-order valence-electron chi connectivity index (χ0n) is 13.3. The molecule has 0 amide bonds. The minimum Gasteiger partial charge on any atom is -0.297 e. The first-order valence-electron chi connectivity index (χ1n) is 7.71. The highest BCUT2D eigenvalue weighted by atomic mass is 16.1. The van der Waals surface area contributed by atoms with E-state index in [1.54, 1.807) is 0 Å². The molecule has 2 nitrogen and oxygen atoms in total. The van der Waals surface area contributed by atoms with Crippen molar-refractivity contribution in [3.63, 3.8) is 0 Å². The van der Waals surface area contributed by atoms with Crippen molar-refractivity contribution < 1.29 is 4.79 Å². The summed E-state index contributed by atoms with van der Waals surface area (Å²) in [7, 11) is 4.13. The number of aryl methyl sites for hydroxylation is 1. The van der Waals surface area contributed by atoms with Crippen LogP contribution >= 0.6 is 0 Å². The van der Waals surface area contributed by atoms with Gasteiger partial charge in [-0.25, -0.2) is 0 Å². The van der Waals surface area contributed by atoms with Crippen molar-refractivity contribution in [2.45, 2.75) is 51.5 Å². The summed E-state index contributed by atoms with van der Waals surface area (Å²) in [4.78, 5) is 15.2. The maximum absolute atomic E-state index is 13.0. The summed E-state index contributed by atoms with van der Waals surface area (Å²) in [6.45, 7) is 4.37. The third-order valence-electron chi connectivity index (χ3n) is 4.96. The predicted octanol–water partition coefficient (Wildman–Crippen LogP) is 3.62. The van der Waals surface area contributed by atoms with Gasteiger partial charge in [0.2, 0.25) is 0 Å². The molecule has 1 aromatic carbocycles. The van der Waals surface area contributed by atoms with Crippen LogP contribution in [0.25, 0.3) is 0 Å². The first kappa shape index (κ1) is 15.2. The fourth-order valence-electron chi connectivity index (χ4n) is 3.58. The molecular formula is C18H27NO. The molecule has 2 unspecified atom stereocenters. The summed E-state index contributed by atoms with van der Waals surface area (Å²) >= 11 is 0. The average Bonchev–Trinajstić information content (AvgIpc) is 2.41. The molecule has 1 aliphatic rings. The number of ketones is 1. The van der Waals surface area contributed by atoms with E-state index in [0.29, 0.717) is 18.1 Å². The van der Waals surface area contributed by atoms with Crippen LogP contribution in [0.15, 0.2) is 24.3 Å². The molecule has 0 saturated heterocycles. The third-order valence-corrected chi connectivity index (χ3v) is 4.96. The van der Waals surface area contributed by atoms with E-state index in [1.807, 2.05) is 12.1 Å². The zero-order valence-corrected chi connectivity index (χ0v) is 13.3. The normalized spacial score (nSPS) is 26.8. The van der Waals surface area contributed by atoms with Gasteiger partial charge in [-0.2, -0.15) is 0 Å². The summed E-state index contributed by atoms with van der Waals surface area (Å²) in [5.41, 5.74) is 2.15. The van der Waals surface area contributed by atoms with Gasteiger partial charge in [0, 0.05) is 6.42 Å². The lowest BCUT2D eigenvalue weighted by Crippen LogP contribution is -2.54. The van der Waals surface area contributed by atoms with E-state index in [2.05, 4.69) is 45.0 Å². The van der Waals surface area contributed by atoms with E-state index in [9.17, 15) is 4.79 Å². The Morgan fingerprint density at radius 1 is 1.35 bits per heavy atom. The van der Waals surface area contributed by atoms with E-state index in [1.165, 1.54) is 24.0 Å². The molecule has 0 bridgehead atoms. The fourth-order valence-corrected chi connectivity index (χ4v) is 3.58. The molecule has 0 aromatic heterocycles. The molecule has 1 aromatic rings. The minimum absolute atomic E-state index is 0.250. The average molecular weight is 273 g/mol. The molecular weight excluding hydrogens is 246 g/mol. The second-order valence-electron chi connectivity index (χ2n) is 6.65. The second-order valence-corrected chi connectivity index (χ2v) is 6.65. The first-order chi connectivity index (χ1) is 9.45. The van der Waals surface area contributed by atoms with E-state index >= 15 is 0 Å². The molecule has 0 radical (unpaired) electrons. The Hall–Kier alpha value is -1.15. The Labute approximate surface area is 123 Å². The van der Waals surface area contributed by atoms with Crippen molar-refractivity contribution in [3.05, 3.63) is 35.4 Å². The lowest BCUT2D eigenvalue weighted by atomic mass is 9.72. The van der Waals surface area contributed by atoms with E-state index in [4.69, 9.17) is 0 Å². The summed E-state index contributed by atoms with van der Waals surface area (Å²) in [6, 6.07) is 8.24. The number of hydrogen-bond donors (Lipinski definition) is 0. The zero-order chi connectivity index (χ0) is 14.8. The Morgan fingerprint density at radius 2 is 2.05 bits per heavy atom. The van der Waals surface area contributed by atoms with Gasteiger partial charge >= 0.3 is 0 Å². The molecule has 2 heteroatoms. The molecule has 2 atom stereocenters. The number of carbonyl (C=O) groups is 1. The van der Waals surface area contributed by atoms with Gasteiger partial charge in [0.15, 0.2) is 5.78 Å². The summed E-state index contributed by atoms with van der Waals surface area (Å²) < 4.78 is 0. The van der Waals surface area contributed by atoms with Crippen molar-refractivity contribution in [1.82, 2.24) is 4.90 Å². The molecule has 1 saturated carbocycles. The number of benzene rings is 1. The lowest BCUT2D eigenvalue weighted by molar-refractivity contribution is -0.132. The summed E-state index contributed by atoms with van der Waals surface area (Å²) in [5.74, 6) is 1.04. The Bertz CT molecular complexity index is 480. The Morgan fingerprint density at radius 3 is 2.65 bits per heavy atom. The van der Waals surface area contributed by atoms with Crippen molar-refractivity contribution >= 4 is 5.78 Å². The first-order valence-corrected chi connectivity index (χ1v) is 7.71. The van der Waals surface area contributed by atoms with Crippen molar-refractivity contribution in [1.29, 1.82) is 0 Å². The largest absolute Gasteiger partial charge is 0.297 e. The smallest absolute Gasteiger partial charge is 0.157 e. The number of rotatable bonds is 4. The SMILES string of the molecule is Cc1ccccc1CC(=O)C1(N(C)C)CCCC(C)C1. The highest BCUT2D eigenvalue weighted by Crippen LogP contribution is 2.37. The van der Waals surface area contributed by atoms with Crippen LogP contribution in [-0.2, 0) is 11.2 Å². The summed E-state index contributed by atoms with van der Waals surface area (Å²) in [5, 5.41) is 0. The maximum atomic E-state index is 13.0. The lowest BCUT2D eigenvalue weighted by Gasteiger charge is -2.44. The molecule has 110 valence electrons. The van der Waals surface area contributed by atoms with Gasteiger partial charge in [0.05, 0.1) is 5.54 Å². The van der Waals surface area contributed by atoms with Gasteiger partial charge in [0.1, 0.15) is 0 Å². The number of carbonyl (C=O) groups excluding carboxylic acids is 1. The molecule has 0 aliphatic heterocycles. The van der Waals surface area contributed by atoms with Crippen LogP contribution in [0.2, 0.25) is 0 Å². The molecule has 1 fully saturated rings. The van der Waals surface area contributed by atoms with E-state index < -0.39 is 0 Å². The van der Waals surface area contributed by atoms with Crippen LogP contribution in [0.1, 0.15) is 43.7 Å². The number of hydrogen-bond acceptors (Lipinski definition) is 2. The van der Waals surface area contributed by atoms with Gasteiger partial charge in [-0.3, -0.25) is 9.69 Å². The van der Waals surface area contributed by atoms with E-state index in [-0.39, 0.29) is 5.54 Å². The maximum Gasteiger partial charge on any atom is 0.157 e. The predicted molar refractivity (Wildman–Crippen MR) is 83.9 cm³/mol. The van der Waals surface area contributed by atoms with Gasteiger partial charge in [-0.1, -0.05) is 44.0 Å². The molecule has 20 heavy (non-hydrogen) atoms. The van der Waals surface area contributed by atoms with Gasteiger partial charge < -0.3 is 0 Å². The third kappa shape index (κ3) is 2.95. The van der Waals surface area contributed by atoms with Crippen LogP contribution in [0, 0.1) is 12.8 Å². The van der Waals surface area contributed by atoms with Crippen molar-refractivity contribution in [2.75, 3.05) is 14.1 Å². The molecule has 0 N–H and O–H groups in total. The Kier molecular flexibility index (Phi) is 4.64. The molecule has 0 heterocycles. The number of Topliss-reactive ketones (excluding diaryl/α,β-unsaturated/α-hetero) is 1. The number of likely N-dealkylation sites (N-methyl/N-ethyl adjacent to an activating group) is 1.